The second-order valence-electron chi connectivity index (χ2n) is 4.11. The van der Waals surface area contributed by atoms with E-state index < -0.39 is 0 Å². The van der Waals surface area contributed by atoms with E-state index in [-0.39, 0.29) is 0 Å². The van der Waals surface area contributed by atoms with Crippen molar-refractivity contribution in [1.29, 1.82) is 0 Å². The van der Waals surface area contributed by atoms with Crippen LogP contribution in [0.5, 0.6) is 0 Å². The number of nitrogens with zero attached hydrogens (tertiary/aromatic N) is 1. The largest absolute Gasteiger partial charge is 0.463 e. The Labute approximate surface area is 108 Å². The summed E-state index contributed by atoms with van der Waals surface area (Å²) in [5.41, 5.74) is 4.93. The van der Waals surface area contributed by atoms with Crippen LogP contribution in [0, 0.1) is 5.51 Å². The molecule has 2 nitrogen and oxygen atoms in total. The molecule has 2 aromatic heterocycles. The van der Waals surface area contributed by atoms with Crippen molar-refractivity contribution < 1.29 is 4.42 Å². The van der Waals surface area contributed by atoms with Gasteiger partial charge in [-0.3, -0.25) is 0 Å². The highest BCUT2D eigenvalue weighted by molar-refractivity contribution is 7.16. The standard InChI is InChI=1S/C15H8NOS/c1-2-5-11-10(4-1)8-17-15(11)12-6-3-7-13-14(12)16-9-18-13/h1-8H. The molecule has 0 aliphatic rings. The van der Waals surface area contributed by atoms with Crippen molar-refractivity contribution in [3.05, 3.63) is 54.2 Å². The maximum Gasteiger partial charge on any atom is 0.153 e. The van der Waals surface area contributed by atoms with Gasteiger partial charge in [-0.15, -0.1) is 11.3 Å². The minimum atomic E-state index is 0.885. The molecule has 3 heteroatoms. The fraction of sp³-hybridized carbons (Fsp3) is 0. The van der Waals surface area contributed by atoms with E-state index in [1.54, 1.807) is 6.26 Å². The van der Waals surface area contributed by atoms with E-state index in [9.17, 15) is 0 Å². The lowest BCUT2D eigenvalue weighted by Gasteiger charge is -1.99. The summed E-state index contributed by atoms with van der Waals surface area (Å²) < 4.78 is 6.86. The molecular formula is C15H8NOS. The highest BCUT2D eigenvalue weighted by Crippen LogP contribution is 2.35. The number of benzene rings is 2. The van der Waals surface area contributed by atoms with Gasteiger partial charge in [0.25, 0.3) is 0 Å². The van der Waals surface area contributed by atoms with Crippen LogP contribution in [-0.2, 0) is 0 Å². The third-order valence-electron chi connectivity index (χ3n) is 3.07. The highest BCUT2D eigenvalue weighted by Gasteiger charge is 2.12. The molecule has 2 aromatic carbocycles. The topological polar surface area (TPSA) is 26.0 Å². The van der Waals surface area contributed by atoms with Gasteiger partial charge in [0.1, 0.15) is 5.76 Å². The van der Waals surface area contributed by atoms with Crippen LogP contribution in [-0.4, -0.2) is 4.98 Å². The Kier molecular flexibility index (Phi) is 2.02. The van der Waals surface area contributed by atoms with Crippen molar-refractivity contribution in [2.45, 2.75) is 0 Å². The molecule has 4 aromatic rings. The molecule has 1 radical (unpaired) electrons. The predicted octanol–water partition coefficient (Wildman–Crippen LogP) is 4.51. The van der Waals surface area contributed by atoms with Crippen LogP contribution in [0.2, 0.25) is 0 Å². The zero-order chi connectivity index (χ0) is 11.9. The summed E-state index contributed by atoms with van der Waals surface area (Å²) in [6, 6.07) is 14.3. The Hall–Kier alpha value is -2.13. The smallest absolute Gasteiger partial charge is 0.153 e. The Morgan fingerprint density at radius 3 is 3.00 bits per heavy atom. The fourth-order valence-corrected chi connectivity index (χ4v) is 2.86. The number of rotatable bonds is 1. The first-order valence-corrected chi connectivity index (χ1v) is 6.47. The first kappa shape index (κ1) is 9.85. The third kappa shape index (κ3) is 1.31. The highest BCUT2D eigenvalue weighted by atomic mass is 32.1. The number of furan rings is 1. The van der Waals surface area contributed by atoms with Gasteiger partial charge >= 0.3 is 0 Å². The Morgan fingerprint density at radius 2 is 2.00 bits per heavy atom. The van der Waals surface area contributed by atoms with Gasteiger partial charge < -0.3 is 4.42 Å². The average Bonchev–Trinajstić information content (AvgIpc) is 3.05. The van der Waals surface area contributed by atoms with E-state index in [0.717, 1.165) is 32.3 Å². The van der Waals surface area contributed by atoms with Gasteiger partial charge in [0.05, 0.1) is 16.5 Å². The minimum absolute atomic E-state index is 0.885. The van der Waals surface area contributed by atoms with E-state index in [2.05, 4.69) is 28.7 Å². The van der Waals surface area contributed by atoms with Crippen LogP contribution < -0.4 is 0 Å². The van der Waals surface area contributed by atoms with Gasteiger partial charge in [-0.2, -0.15) is 0 Å². The molecule has 18 heavy (non-hydrogen) atoms. The molecule has 4 rings (SSSR count). The third-order valence-corrected chi connectivity index (χ3v) is 3.80. The second-order valence-corrected chi connectivity index (χ2v) is 4.94. The van der Waals surface area contributed by atoms with Crippen LogP contribution in [0.1, 0.15) is 0 Å². The summed E-state index contributed by atoms with van der Waals surface area (Å²) in [5, 5.41) is 2.24. The van der Waals surface area contributed by atoms with E-state index in [4.69, 9.17) is 4.42 Å². The molecule has 85 valence electrons. The number of hydrogen-bond acceptors (Lipinski definition) is 3. The molecule has 0 unspecified atom stereocenters. The van der Waals surface area contributed by atoms with Crippen molar-refractivity contribution >= 4 is 32.3 Å². The van der Waals surface area contributed by atoms with Crippen molar-refractivity contribution in [3.63, 3.8) is 0 Å². The van der Waals surface area contributed by atoms with Gasteiger partial charge in [-0.25, -0.2) is 4.98 Å². The molecule has 0 aliphatic heterocycles. The molecule has 0 aliphatic carbocycles. The van der Waals surface area contributed by atoms with Crippen molar-refractivity contribution in [1.82, 2.24) is 4.98 Å². The molecule has 2 heterocycles. The zero-order valence-corrected chi connectivity index (χ0v) is 10.2. The lowest BCUT2D eigenvalue weighted by Crippen LogP contribution is -1.78. The molecular weight excluding hydrogens is 242 g/mol. The summed E-state index contributed by atoms with van der Waals surface area (Å²) in [6.45, 7) is 0. The summed E-state index contributed by atoms with van der Waals surface area (Å²) >= 11 is 1.53. The molecule has 0 amide bonds. The Balaban J connectivity index is 2.10. The van der Waals surface area contributed by atoms with E-state index >= 15 is 0 Å². The van der Waals surface area contributed by atoms with Crippen LogP contribution in [0.25, 0.3) is 32.3 Å². The predicted molar refractivity (Wildman–Crippen MR) is 73.7 cm³/mol. The average molecular weight is 250 g/mol. The first-order chi connectivity index (χ1) is 8.93. The van der Waals surface area contributed by atoms with E-state index in [1.165, 1.54) is 11.3 Å². The maximum absolute atomic E-state index is 5.73. The number of fused-ring (bicyclic) bond motifs is 2. The molecule has 0 fully saturated rings. The van der Waals surface area contributed by atoms with Gasteiger partial charge in [-0.1, -0.05) is 30.3 Å². The SMILES string of the molecule is [c]1nc2c(-c3occ4ccccc34)cccc2s1. The number of para-hydroxylation sites is 1. The first-order valence-electron chi connectivity index (χ1n) is 5.66. The number of thiazole rings is 1. The Bertz CT molecular complexity index is 844. The quantitative estimate of drug-likeness (QED) is 0.496. The van der Waals surface area contributed by atoms with E-state index in [1.807, 2.05) is 24.3 Å². The van der Waals surface area contributed by atoms with Gasteiger partial charge in [0.2, 0.25) is 0 Å². The minimum Gasteiger partial charge on any atom is -0.463 e. The number of hydrogen-bond donors (Lipinski definition) is 0. The summed E-state index contributed by atoms with van der Waals surface area (Å²) in [6.07, 6.45) is 1.79. The van der Waals surface area contributed by atoms with Gasteiger partial charge in [0.15, 0.2) is 5.51 Å². The molecule has 0 bridgehead atoms. The molecule has 0 spiro atoms. The normalized spacial score (nSPS) is 11.3. The zero-order valence-electron chi connectivity index (χ0n) is 9.38. The maximum atomic E-state index is 5.73. The fourth-order valence-electron chi connectivity index (χ4n) is 2.22. The second kappa shape index (κ2) is 3.68. The van der Waals surface area contributed by atoms with Crippen LogP contribution in [0.4, 0.5) is 0 Å². The molecule has 0 atom stereocenters. The van der Waals surface area contributed by atoms with Gasteiger partial charge in [0, 0.05) is 16.3 Å². The molecule has 0 saturated carbocycles. The summed E-state index contributed by atoms with van der Waals surface area (Å²) in [5.74, 6) is 0.885. The molecule has 0 saturated heterocycles. The monoisotopic (exact) mass is 250 g/mol. The van der Waals surface area contributed by atoms with Crippen LogP contribution >= 0.6 is 11.3 Å². The van der Waals surface area contributed by atoms with Crippen LogP contribution in [0.15, 0.2) is 53.1 Å². The van der Waals surface area contributed by atoms with Crippen LogP contribution in [0.3, 0.4) is 0 Å². The van der Waals surface area contributed by atoms with Crippen molar-refractivity contribution in [2.75, 3.05) is 0 Å². The molecule has 0 N–H and O–H groups in total. The summed E-state index contributed by atoms with van der Waals surface area (Å²) in [4.78, 5) is 4.31. The lowest BCUT2D eigenvalue weighted by molar-refractivity contribution is 0.587. The summed E-state index contributed by atoms with van der Waals surface area (Å²) in [7, 11) is 0. The lowest BCUT2D eigenvalue weighted by atomic mass is 10.1. The van der Waals surface area contributed by atoms with E-state index in [0.29, 0.717) is 0 Å². The number of aromatic nitrogens is 1. The Morgan fingerprint density at radius 1 is 1.06 bits per heavy atom. The van der Waals surface area contributed by atoms with Gasteiger partial charge in [-0.05, 0) is 12.1 Å². The van der Waals surface area contributed by atoms with Crippen molar-refractivity contribution in [2.24, 2.45) is 0 Å². The van der Waals surface area contributed by atoms with Crippen molar-refractivity contribution in [3.8, 4) is 11.3 Å².